The second-order valence-corrected chi connectivity index (χ2v) is 9.08. The van der Waals surface area contributed by atoms with Gasteiger partial charge in [-0.25, -0.2) is 4.39 Å². The van der Waals surface area contributed by atoms with Crippen molar-refractivity contribution < 1.29 is 28.3 Å². The van der Waals surface area contributed by atoms with Crippen LogP contribution in [0.25, 0.3) is 0 Å². The molecule has 1 aliphatic heterocycles. The van der Waals surface area contributed by atoms with E-state index in [2.05, 4.69) is 16.0 Å². The van der Waals surface area contributed by atoms with E-state index in [1.807, 2.05) is 0 Å². The molecule has 1 heterocycles. The number of nitrogens with one attached hydrogen (secondary N) is 3. The van der Waals surface area contributed by atoms with Gasteiger partial charge in [-0.2, -0.15) is 0 Å². The summed E-state index contributed by atoms with van der Waals surface area (Å²) < 4.78 is 18.4. The lowest BCUT2D eigenvalue weighted by Crippen LogP contribution is -2.54. The Bertz CT molecular complexity index is 873. The Hall–Kier alpha value is -3.17. The zero-order chi connectivity index (χ0) is 24.5. The summed E-state index contributed by atoms with van der Waals surface area (Å²) in [6.07, 6.45) is 6.34. The third-order valence-electron chi connectivity index (χ3n) is 6.47. The van der Waals surface area contributed by atoms with Crippen LogP contribution in [0.2, 0.25) is 0 Å². The Labute approximate surface area is 198 Å². The molecule has 0 unspecified atom stereocenters. The van der Waals surface area contributed by atoms with E-state index in [0.717, 1.165) is 32.1 Å². The number of amides is 4. The fourth-order valence-electron chi connectivity index (χ4n) is 4.58. The summed E-state index contributed by atoms with van der Waals surface area (Å²) in [5.74, 6) is -2.12. The Morgan fingerprint density at radius 2 is 1.74 bits per heavy atom. The molecule has 3 atom stereocenters. The minimum Gasteiger partial charge on any atom is -0.484 e. The van der Waals surface area contributed by atoms with Crippen molar-refractivity contribution in [1.29, 1.82) is 0 Å². The highest BCUT2D eigenvalue weighted by Gasteiger charge is 2.33. The van der Waals surface area contributed by atoms with E-state index >= 15 is 0 Å². The molecule has 1 aromatic carbocycles. The zero-order valence-corrected chi connectivity index (χ0v) is 19.2. The molecule has 1 saturated heterocycles. The van der Waals surface area contributed by atoms with Crippen molar-refractivity contribution in [2.75, 3.05) is 13.2 Å². The van der Waals surface area contributed by atoms with Gasteiger partial charge in [-0.3, -0.25) is 19.2 Å². The van der Waals surface area contributed by atoms with Crippen molar-refractivity contribution in [1.82, 2.24) is 16.0 Å². The summed E-state index contributed by atoms with van der Waals surface area (Å²) >= 11 is 0. The molecule has 2 fully saturated rings. The Morgan fingerprint density at radius 3 is 2.35 bits per heavy atom. The molecule has 9 nitrogen and oxygen atoms in total. The van der Waals surface area contributed by atoms with Crippen LogP contribution in [0.3, 0.4) is 0 Å². The average Bonchev–Trinajstić information content (AvgIpc) is 3.22. The first-order valence-corrected chi connectivity index (χ1v) is 11.9. The normalized spacial score (nSPS) is 20.1. The maximum absolute atomic E-state index is 13.1. The van der Waals surface area contributed by atoms with Crippen LogP contribution in [0.15, 0.2) is 24.3 Å². The standard InChI is InChI=1S/C24H33FN4O5/c25-17-6-8-18(9-7-17)34-14-21(30)28-20(12-15-4-2-1-3-5-15)24(33)29-19(22(26)31)13-16-10-11-27-23(16)32/h6-9,15-16,19-20H,1-5,10-14H2,(H2,26,31)(H,27,32)(H,28,30)(H,29,33)/t16-,19-,20-/m0/s1. The van der Waals surface area contributed by atoms with Crippen LogP contribution in [0.1, 0.15) is 51.4 Å². The molecule has 0 aromatic heterocycles. The zero-order valence-electron chi connectivity index (χ0n) is 19.2. The van der Waals surface area contributed by atoms with Gasteiger partial charge in [0.25, 0.3) is 5.91 Å². The summed E-state index contributed by atoms with van der Waals surface area (Å²) in [6.45, 7) is 0.179. The van der Waals surface area contributed by atoms with Crippen LogP contribution >= 0.6 is 0 Å². The number of primary amides is 1. The molecule has 0 radical (unpaired) electrons. The van der Waals surface area contributed by atoms with E-state index in [4.69, 9.17) is 10.5 Å². The second-order valence-electron chi connectivity index (χ2n) is 9.08. The first-order chi connectivity index (χ1) is 16.3. The molecule has 1 saturated carbocycles. The number of ether oxygens (including phenoxy) is 1. The lowest BCUT2D eigenvalue weighted by molar-refractivity contribution is -0.133. The third-order valence-corrected chi connectivity index (χ3v) is 6.47. The molecular formula is C24H33FN4O5. The molecule has 2 aliphatic rings. The highest BCUT2D eigenvalue weighted by atomic mass is 19.1. The molecule has 5 N–H and O–H groups in total. The van der Waals surface area contributed by atoms with E-state index < -0.39 is 41.5 Å². The predicted molar refractivity (Wildman–Crippen MR) is 122 cm³/mol. The molecule has 0 spiro atoms. The van der Waals surface area contributed by atoms with Crippen LogP contribution in [0, 0.1) is 17.7 Å². The fourth-order valence-corrected chi connectivity index (χ4v) is 4.58. The number of hydrogen-bond donors (Lipinski definition) is 4. The fraction of sp³-hybridized carbons (Fsp3) is 0.583. The van der Waals surface area contributed by atoms with Crippen molar-refractivity contribution in [2.45, 2.75) is 63.5 Å². The molecule has 1 aliphatic carbocycles. The van der Waals surface area contributed by atoms with Crippen molar-refractivity contribution >= 4 is 23.6 Å². The monoisotopic (exact) mass is 476 g/mol. The highest BCUT2D eigenvalue weighted by molar-refractivity contribution is 5.92. The van der Waals surface area contributed by atoms with E-state index in [9.17, 15) is 23.6 Å². The van der Waals surface area contributed by atoms with Gasteiger partial charge in [-0.15, -0.1) is 0 Å². The van der Waals surface area contributed by atoms with Crippen LogP contribution < -0.4 is 26.4 Å². The largest absolute Gasteiger partial charge is 0.484 e. The van der Waals surface area contributed by atoms with E-state index in [1.165, 1.54) is 24.3 Å². The van der Waals surface area contributed by atoms with Crippen molar-refractivity contribution in [3.05, 3.63) is 30.1 Å². The highest BCUT2D eigenvalue weighted by Crippen LogP contribution is 2.27. The van der Waals surface area contributed by atoms with Gasteiger partial charge < -0.3 is 26.4 Å². The summed E-state index contributed by atoms with van der Waals surface area (Å²) in [7, 11) is 0. The van der Waals surface area contributed by atoms with Gasteiger partial charge in [0.15, 0.2) is 6.61 Å². The number of carbonyl (C=O) groups is 4. The van der Waals surface area contributed by atoms with E-state index in [0.29, 0.717) is 25.1 Å². The van der Waals surface area contributed by atoms with Gasteiger partial charge >= 0.3 is 0 Å². The Morgan fingerprint density at radius 1 is 1.03 bits per heavy atom. The molecule has 186 valence electrons. The number of rotatable bonds is 11. The summed E-state index contributed by atoms with van der Waals surface area (Å²) in [5, 5.41) is 8.06. The number of benzene rings is 1. The first-order valence-electron chi connectivity index (χ1n) is 11.9. The Balaban J connectivity index is 1.61. The summed E-state index contributed by atoms with van der Waals surface area (Å²) in [6, 6.07) is 3.38. The van der Waals surface area contributed by atoms with Crippen LogP contribution in [-0.4, -0.2) is 48.9 Å². The maximum atomic E-state index is 13.1. The third kappa shape index (κ3) is 7.71. The molecule has 10 heteroatoms. The minimum atomic E-state index is -1.01. The van der Waals surface area contributed by atoms with Crippen LogP contribution in [0.4, 0.5) is 4.39 Å². The number of carbonyl (C=O) groups excluding carboxylic acids is 4. The van der Waals surface area contributed by atoms with Crippen molar-refractivity contribution in [3.8, 4) is 5.75 Å². The smallest absolute Gasteiger partial charge is 0.258 e. The second kappa shape index (κ2) is 12.3. The van der Waals surface area contributed by atoms with Gasteiger partial charge in [0.05, 0.1) is 0 Å². The lowest BCUT2D eigenvalue weighted by Gasteiger charge is -2.28. The summed E-state index contributed by atoms with van der Waals surface area (Å²) in [5.41, 5.74) is 5.50. The number of hydrogen-bond acceptors (Lipinski definition) is 5. The molecule has 1 aromatic rings. The molecule has 4 amide bonds. The topological polar surface area (TPSA) is 140 Å². The van der Waals surface area contributed by atoms with Gasteiger partial charge in [0.1, 0.15) is 23.7 Å². The minimum absolute atomic E-state index is 0.116. The average molecular weight is 477 g/mol. The van der Waals surface area contributed by atoms with Gasteiger partial charge in [-0.05, 0) is 49.4 Å². The van der Waals surface area contributed by atoms with Gasteiger partial charge in [0, 0.05) is 12.5 Å². The van der Waals surface area contributed by atoms with Crippen LogP contribution in [0.5, 0.6) is 5.75 Å². The Kier molecular flexibility index (Phi) is 9.24. The molecule has 3 rings (SSSR count). The molecule has 34 heavy (non-hydrogen) atoms. The SMILES string of the molecule is NC(=O)[C@H](C[C@@H]1CCNC1=O)NC(=O)[C@H](CC1CCCCC1)NC(=O)COc1ccc(F)cc1. The predicted octanol–water partition coefficient (Wildman–Crippen LogP) is 1.16. The van der Waals surface area contributed by atoms with Gasteiger partial charge in [-0.1, -0.05) is 32.1 Å². The summed E-state index contributed by atoms with van der Waals surface area (Å²) in [4.78, 5) is 49.6. The maximum Gasteiger partial charge on any atom is 0.258 e. The van der Waals surface area contributed by atoms with E-state index in [-0.39, 0.29) is 24.9 Å². The van der Waals surface area contributed by atoms with Crippen molar-refractivity contribution in [2.24, 2.45) is 17.6 Å². The number of nitrogens with two attached hydrogens (primary N) is 1. The quantitative estimate of drug-likeness (QED) is 0.379. The van der Waals surface area contributed by atoms with Crippen molar-refractivity contribution in [3.63, 3.8) is 0 Å². The van der Waals surface area contributed by atoms with Gasteiger partial charge in [0.2, 0.25) is 17.7 Å². The van der Waals surface area contributed by atoms with E-state index in [1.54, 1.807) is 0 Å². The lowest BCUT2D eigenvalue weighted by atomic mass is 9.84. The number of halogens is 1. The molecular weight excluding hydrogens is 443 g/mol. The first kappa shape index (κ1) is 25.5. The molecule has 0 bridgehead atoms. The van der Waals surface area contributed by atoms with Crippen LogP contribution in [-0.2, 0) is 19.2 Å².